The second-order valence-electron chi connectivity index (χ2n) is 5.69. The van der Waals surface area contributed by atoms with Crippen LogP contribution in [0.25, 0.3) is 0 Å². The molecule has 0 radical (unpaired) electrons. The van der Waals surface area contributed by atoms with Crippen LogP contribution in [0.3, 0.4) is 0 Å². The highest BCUT2D eigenvalue weighted by molar-refractivity contribution is 7.80. The van der Waals surface area contributed by atoms with Crippen molar-refractivity contribution >= 4 is 69.8 Å². The summed E-state index contributed by atoms with van der Waals surface area (Å²) in [7, 11) is 1.30. The van der Waals surface area contributed by atoms with E-state index in [1.807, 2.05) is 0 Å². The fraction of sp³-hybridized carbons (Fsp3) is 0.438. The maximum atomic E-state index is 12.4. The average Bonchev–Trinajstić information content (AvgIpc) is 2.67. The number of benzene rings is 1. The number of carbonyl (C=O) groups excluding carboxylic acids is 2. The first-order chi connectivity index (χ1) is 13.2. The third-order valence-corrected chi connectivity index (χ3v) is 4.61. The van der Waals surface area contributed by atoms with Gasteiger partial charge in [0.25, 0.3) is 0 Å². The number of alkyl halides is 3. The van der Waals surface area contributed by atoms with E-state index >= 15 is 0 Å². The van der Waals surface area contributed by atoms with Crippen molar-refractivity contribution in [3.63, 3.8) is 0 Å². The Balaban J connectivity index is 1.96. The van der Waals surface area contributed by atoms with Gasteiger partial charge in [-0.2, -0.15) is 0 Å². The number of hydrogen-bond acceptors (Lipinski definition) is 5. The molecule has 0 bridgehead atoms. The molecule has 0 aromatic heterocycles. The number of nitrogens with zero attached hydrogens (tertiary/aromatic N) is 1. The lowest BCUT2D eigenvalue weighted by atomic mass is 10.2. The van der Waals surface area contributed by atoms with Crippen LogP contribution in [0.4, 0.5) is 10.5 Å². The number of esters is 1. The lowest BCUT2D eigenvalue weighted by molar-refractivity contribution is 0.0524. The Morgan fingerprint density at radius 3 is 2.32 bits per heavy atom. The van der Waals surface area contributed by atoms with Gasteiger partial charge in [-0.05, 0) is 36.5 Å². The first-order valence-electron chi connectivity index (χ1n) is 8.16. The number of ether oxygens (including phenoxy) is 2. The van der Waals surface area contributed by atoms with E-state index in [9.17, 15) is 9.59 Å². The van der Waals surface area contributed by atoms with Gasteiger partial charge in [-0.15, -0.1) is 0 Å². The SMILES string of the molecule is COC(=O)c1ccc(NC(=S)N[C@@H](NC(=O)N2CCOCC2)C(Cl)(Cl)Cl)cc1. The van der Waals surface area contributed by atoms with E-state index in [-0.39, 0.29) is 5.11 Å². The molecule has 28 heavy (non-hydrogen) atoms. The molecule has 2 rings (SSSR count). The second-order valence-corrected chi connectivity index (χ2v) is 8.47. The zero-order valence-corrected chi connectivity index (χ0v) is 17.9. The van der Waals surface area contributed by atoms with Crippen molar-refractivity contribution in [1.82, 2.24) is 15.5 Å². The highest BCUT2D eigenvalue weighted by Crippen LogP contribution is 2.29. The van der Waals surface area contributed by atoms with E-state index in [4.69, 9.17) is 51.8 Å². The Labute approximate surface area is 182 Å². The number of thiocarbonyl (C=S) groups is 1. The third kappa shape index (κ3) is 6.82. The molecule has 3 N–H and O–H groups in total. The number of anilines is 1. The van der Waals surface area contributed by atoms with Gasteiger partial charge in [-0.3, -0.25) is 0 Å². The van der Waals surface area contributed by atoms with Gasteiger partial charge in [0.1, 0.15) is 0 Å². The summed E-state index contributed by atoms with van der Waals surface area (Å²) >= 11 is 23.1. The fourth-order valence-corrected chi connectivity index (χ4v) is 2.85. The molecule has 1 aliphatic rings. The number of carbonyl (C=O) groups is 2. The van der Waals surface area contributed by atoms with Crippen LogP contribution in [-0.2, 0) is 9.47 Å². The summed E-state index contributed by atoms with van der Waals surface area (Å²) in [6.45, 7) is 1.77. The molecule has 1 aromatic rings. The van der Waals surface area contributed by atoms with E-state index in [0.717, 1.165) is 0 Å². The predicted molar refractivity (Wildman–Crippen MR) is 112 cm³/mol. The van der Waals surface area contributed by atoms with Gasteiger partial charge in [0.15, 0.2) is 11.3 Å². The second kappa shape index (κ2) is 10.3. The minimum Gasteiger partial charge on any atom is -0.465 e. The molecule has 0 saturated carbocycles. The Kier molecular flexibility index (Phi) is 8.38. The van der Waals surface area contributed by atoms with E-state index in [0.29, 0.717) is 37.6 Å². The zero-order chi connectivity index (χ0) is 20.7. The number of rotatable bonds is 4. The first kappa shape index (κ1) is 22.8. The molecule has 0 spiro atoms. The highest BCUT2D eigenvalue weighted by atomic mass is 35.6. The Hall–Kier alpha value is -1.52. The topological polar surface area (TPSA) is 91.9 Å². The van der Waals surface area contributed by atoms with Crippen molar-refractivity contribution in [2.75, 3.05) is 38.7 Å². The summed E-state index contributed by atoms with van der Waals surface area (Å²) in [5.41, 5.74) is 0.983. The zero-order valence-electron chi connectivity index (χ0n) is 14.8. The lowest BCUT2D eigenvalue weighted by Gasteiger charge is -2.32. The van der Waals surface area contributed by atoms with Crippen LogP contribution in [0.5, 0.6) is 0 Å². The summed E-state index contributed by atoms with van der Waals surface area (Å²) in [5.74, 6) is -0.450. The van der Waals surface area contributed by atoms with Crippen molar-refractivity contribution in [2.24, 2.45) is 0 Å². The van der Waals surface area contributed by atoms with E-state index in [1.165, 1.54) is 7.11 Å². The maximum Gasteiger partial charge on any atom is 0.337 e. The van der Waals surface area contributed by atoms with E-state index in [1.54, 1.807) is 29.2 Å². The first-order valence-corrected chi connectivity index (χ1v) is 9.70. The lowest BCUT2D eigenvalue weighted by Crippen LogP contribution is -2.59. The van der Waals surface area contributed by atoms with Crippen LogP contribution in [0.15, 0.2) is 24.3 Å². The molecule has 1 saturated heterocycles. The van der Waals surface area contributed by atoms with Crippen molar-refractivity contribution in [1.29, 1.82) is 0 Å². The van der Waals surface area contributed by atoms with Crippen molar-refractivity contribution < 1.29 is 19.1 Å². The largest absolute Gasteiger partial charge is 0.465 e. The third-order valence-electron chi connectivity index (χ3n) is 3.73. The fourth-order valence-electron chi connectivity index (χ4n) is 2.29. The smallest absolute Gasteiger partial charge is 0.337 e. The van der Waals surface area contributed by atoms with Crippen molar-refractivity contribution in [2.45, 2.75) is 9.96 Å². The average molecular weight is 470 g/mol. The number of halogens is 3. The number of amides is 2. The number of urea groups is 1. The van der Waals surface area contributed by atoms with Gasteiger partial charge >= 0.3 is 12.0 Å². The summed E-state index contributed by atoms with van der Waals surface area (Å²) in [6.07, 6.45) is -1.08. The molecular formula is C16H19Cl3N4O4S. The highest BCUT2D eigenvalue weighted by Gasteiger charge is 2.35. The minimum absolute atomic E-state index is 0.115. The molecule has 1 aliphatic heterocycles. The maximum absolute atomic E-state index is 12.4. The number of nitrogens with one attached hydrogen (secondary N) is 3. The van der Waals surface area contributed by atoms with Crippen LogP contribution in [0.2, 0.25) is 0 Å². The molecule has 0 unspecified atom stereocenters. The Morgan fingerprint density at radius 2 is 1.79 bits per heavy atom. The van der Waals surface area contributed by atoms with Gasteiger partial charge in [0, 0.05) is 18.8 Å². The molecule has 12 heteroatoms. The van der Waals surface area contributed by atoms with Crippen LogP contribution in [0.1, 0.15) is 10.4 Å². The number of morpholine rings is 1. The van der Waals surface area contributed by atoms with Gasteiger partial charge < -0.3 is 30.3 Å². The van der Waals surface area contributed by atoms with Crippen LogP contribution < -0.4 is 16.0 Å². The molecule has 8 nitrogen and oxygen atoms in total. The molecule has 1 atom stereocenters. The van der Waals surface area contributed by atoms with Crippen LogP contribution in [0, 0.1) is 0 Å². The van der Waals surface area contributed by atoms with Crippen LogP contribution in [-0.4, -0.2) is 65.4 Å². The summed E-state index contributed by atoms with van der Waals surface area (Å²) in [6, 6.07) is 6.01. The number of hydrogen-bond donors (Lipinski definition) is 3. The Bertz CT molecular complexity index is 709. The van der Waals surface area contributed by atoms with Gasteiger partial charge in [0.05, 0.1) is 25.9 Å². The summed E-state index contributed by atoms with van der Waals surface area (Å²) < 4.78 is 7.99. The molecule has 0 aliphatic carbocycles. The summed E-state index contributed by atoms with van der Waals surface area (Å²) in [4.78, 5) is 25.4. The van der Waals surface area contributed by atoms with Gasteiger partial charge in [-0.1, -0.05) is 34.8 Å². The van der Waals surface area contributed by atoms with Gasteiger partial charge in [0.2, 0.25) is 3.79 Å². The van der Waals surface area contributed by atoms with Gasteiger partial charge in [-0.25, -0.2) is 9.59 Å². The standard InChI is InChI=1S/C16H19Cl3N4O4S/c1-26-12(24)10-2-4-11(5-3-10)20-14(28)21-13(16(17,18)19)22-15(25)23-6-8-27-9-7-23/h2-5,13H,6-9H2,1H3,(H,22,25)(H2,20,21,28)/t13-/m0/s1. The van der Waals surface area contributed by atoms with Crippen molar-refractivity contribution in [3.05, 3.63) is 29.8 Å². The molecule has 1 aromatic carbocycles. The molecule has 1 fully saturated rings. The number of methoxy groups -OCH3 is 1. The van der Waals surface area contributed by atoms with Crippen LogP contribution >= 0.6 is 47.0 Å². The molecule has 1 heterocycles. The normalized spacial score (nSPS) is 15.4. The summed E-state index contributed by atoms with van der Waals surface area (Å²) in [5, 5.41) is 8.38. The minimum atomic E-state index is -1.86. The van der Waals surface area contributed by atoms with E-state index < -0.39 is 22.0 Å². The van der Waals surface area contributed by atoms with E-state index in [2.05, 4.69) is 20.7 Å². The molecule has 2 amide bonds. The quantitative estimate of drug-likeness (QED) is 0.270. The predicted octanol–water partition coefficient (Wildman–Crippen LogP) is 2.50. The van der Waals surface area contributed by atoms with Crippen molar-refractivity contribution in [3.8, 4) is 0 Å². The molecular weight excluding hydrogens is 451 g/mol. The molecule has 154 valence electrons. The monoisotopic (exact) mass is 468 g/mol. The Morgan fingerprint density at radius 1 is 1.18 bits per heavy atom.